The lowest BCUT2D eigenvalue weighted by Gasteiger charge is -2.08. The number of nitrogens with one attached hydrogen (secondary N) is 2. The number of carbonyl (C=O) groups excluding carboxylic acids is 1. The lowest BCUT2D eigenvalue weighted by Crippen LogP contribution is -2.17. The SMILES string of the molecule is CC.CC.Cc1ccc(COc2nnc(NC(=O)c3ccc(=O)[nH]c3-c3ccncc3)s2)cc1. The number of amides is 1. The van der Waals surface area contributed by atoms with Crippen LogP contribution in [0.5, 0.6) is 5.19 Å². The molecule has 4 rings (SSSR count). The molecule has 0 saturated heterocycles. The van der Waals surface area contributed by atoms with E-state index in [1.54, 1.807) is 24.5 Å². The van der Waals surface area contributed by atoms with E-state index in [2.05, 4.69) is 25.5 Å². The Labute approximate surface area is 203 Å². The number of aryl methyl sites for hydroxylation is 1. The van der Waals surface area contributed by atoms with Crippen molar-refractivity contribution in [1.29, 1.82) is 0 Å². The molecule has 3 aromatic heterocycles. The molecule has 2 N–H and O–H groups in total. The molecule has 0 bridgehead atoms. The van der Waals surface area contributed by atoms with E-state index in [1.165, 1.54) is 17.7 Å². The van der Waals surface area contributed by atoms with Crippen molar-refractivity contribution in [2.45, 2.75) is 41.2 Å². The number of hydrogen-bond acceptors (Lipinski definition) is 7. The Morgan fingerprint density at radius 1 is 0.971 bits per heavy atom. The first kappa shape index (κ1) is 26.4. The average molecular weight is 480 g/mol. The van der Waals surface area contributed by atoms with Crippen LogP contribution in [0.25, 0.3) is 11.3 Å². The van der Waals surface area contributed by atoms with Crippen LogP contribution in [-0.4, -0.2) is 26.1 Å². The van der Waals surface area contributed by atoms with Crippen LogP contribution in [-0.2, 0) is 6.61 Å². The number of nitrogens with zero attached hydrogens (tertiary/aromatic N) is 3. The van der Waals surface area contributed by atoms with E-state index >= 15 is 0 Å². The fourth-order valence-corrected chi connectivity index (χ4v) is 3.31. The Hall–Kier alpha value is -3.85. The normalized spacial score (nSPS) is 9.68. The number of carbonyl (C=O) groups is 1. The van der Waals surface area contributed by atoms with Gasteiger partial charge in [0.05, 0.1) is 11.3 Å². The third kappa shape index (κ3) is 7.35. The van der Waals surface area contributed by atoms with Gasteiger partial charge in [-0.25, -0.2) is 0 Å². The molecule has 0 saturated carbocycles. The van der Waals surface area contributed by atoms with Crippen molar-refractivity contribution >= 4 is 22.4 Å². The third-order valence-corrected chi connectivity index (χ3v) is 4.99. The van der Waals surface area contributed by atoms with Gasteiger partial charge in [-0.1, -0.05) is 62.6 Å². The highest BCUT2D eigenvalue weighted by atomic mass is 32.1. The van der Waals surface area contributed by atoms with E-state index in [1.807, 2.05) is 58.9 Å². The number of H-pyrrole nitrogens is 1. The maximum atomic E-state index is 12.8. The quantitative estimate of drug-likeness (QED) is 0.379. The fraction of sp³-hybridized carbons (Fsp3) is 0.240. The highest BCUT2D eigenvalue weighted by molar-refractivity contribution is 7.17. The van der Waals surface area contributed by atoms with Gasteiger partial charge in [0.1, 0.15) is 6.61 Å². The standard InChI is InChI=1S/C21H17N5O3S.2C2H6/c1-13-2-4-14(5-3-13)12-29-21-26-25-20(30-21)24-19(28)16-6-7-17(27)23-18(16)15-8-10-22-11-9-15;2*1-2/h2-11H,12H2,1H3,(H,23,27)(H,24,25,28);2*1-2H3. The van der Waals surface area contributed by atoms with Gasteiger partial charge in [0.15, 0.2) is 0 Å². The van der Waals surface area contributed by atoms with Crippen molar-refractivity contribution in [3.63, 3.8) is 0 Å². The molecule has 0 aliphatic heterocycles. The predicted octanol–water partition coefficient (Wildman–Crippen LogP) is 5.48. The van der Waals surface area contributed by atoms with Gasteiger partial charge in [-0.3, -0.25) is 19.9 Å². The first-order valence-electron chi connectivity index (χ1n) is 11.1. The second-order valence-electron chi connectivity index (χ2n) is 6.45. The molecule has 0 aliphatic rings. The molecule has 34 heavy (non-hydrogen) atoms. The molecular formula is C25H29N5O3S. The second-order valence-corrected chi connectivity index (χ2v) is 7.39. The maximum Gasteiger partial charge on any atom is 0.296 e. The summed E-state index contributed by atoms with van der Waals surface area (Å²) < 4.78 is 5.65. The van der Waals surface area contributed by atoms with Crippen LogP contribution in [0.2, 0.25) is 0 Å². The smallest absolute Gasteiger partial charge is 0.296 e. The summed E-state index contributed by atoms with van der Waals surface area (Å²) in [6.07, 6.45) is 3.18. The van der Waals surface area contributed by atoms with E-state index in [0.29, 0.717) is 33.8 Å². The Morgan fingerprint density at radius 3 is 2.32 bits per heavy atom. The molecule has 0 aliphatic carbocycles. The predicted molar refractivity (Wildman–Crippen MR) is 136 cm³/mol. The van der Waals surface area contributed by atoms with E-state index in [0.717, 1.165) is 16.9 Å². The number of rotatable bonds is 6. The highest BCUT2D eigenvalue weighted by Crippen LogP contribution is 2.25. The Bertz CT molecular complexity index is 1220. The van der Waals surface area contributed by atoms with Crippen molar-refractivity contribution in [2.24, 2.45) is 0 Å². The number of hydrogen-bond donors (Lipinski definition) is 2. The largest absolute Gasteiger partial charge is 0.464 e. The van der Waals surface area contributed by atoms with Crippen LogP contribution in [0.15, 0.2) is 65.7 Å². The minimum absolute atomic E-state index is 0.297. The van der Waals surface area contributed by atoms with Crippen LogP contribution in [0.3, 0.4) is 0 Å². The van der Waals surface area contributed by atoms with Crippen molar-refractivity contribution < 1.29 is 9.53 Å². The van der Waals surface area contributed by atoms with E-state index in [-0.39, 0.29) is 5.56 Å². The number of anilines is 1. The number of ether oxygens (including phenoxy) is 1. The molecular weight excluding hydrogens is 450 g/mol. The zero-order valence-corrected chi connectivity index (χ0v) is 20.8. The average Bonchev–Trinajstić information content (AvgIpc) is 3.33. The molecule has 0 unspecified atom stereocenters. The van der Waals surface area contributed by atoms with Gasteiger partial charge >= 0.3 is 0 Å². The lowest BCUT2D eigenvalue weighted by atomic mass is 10.1. The summed E-state index contributed by atoms with van der Waals surface area (Å²) in [6, 6.07) is 14.2. The molecule has 8 nitrogen and oxygen atoms in total. The van der Waals surface area contributed by atoms with Gasteiger partial charge in [0, 0.05) is 24.0 Å². The summed E-state index contributed by atoms with van der Waals surface area (Å²) in [5.41, 5.74) is 3.26. The van der Waals surface area contributed by atoms with Crippen LogP contribution >= 0.6 is 11.3 Å². The van der Waals surface area contributed by atoms with Crippen molar-refractivity contribution in [3.05, 3.63) is 88.0 Å². The van der Waals surface area contributed by atoms with Gasteiger partial charge in [-0.05, 0) is 42.0 Å². The molecule has 3 heterocycles. The number of benzene rings is 1. The minimum Gasteiger partial charge on any atom is -0.464 e. The van der Waals surface area contributed by atoms with Crippen molar-refractivity contribution in [3.8, 4) is 16.5 Å². The number of pyridine rings is 2. The molecule has 9 heteroatoms. The Morgan fingerprint density at radius 2 is 1.65 bits per heavy atom. The lowest BCUT2D eigenvalue weighted by molar-refractivity contribution is 0.102. The molecule has 1 aromatic carbocycles. The molecule has 178 valence electrons. The Balaban J connectivity index is 0.000000970. The van der Waals surface area contributed by atoms with Gasteiger partial charge in [0.25, 0.3) is 11.1 Å². The first-order valence-corrected chi connectivity index (χ1v) is 11.9. The van der Waals surface area contributed by atoms with Gasteiger partial charge in [-0.15, -0.1) is 5.10 Å². The van der Waals surface area contributed by atoms with Crippen LogP contribution in [0.1, 0.15) is 49.2 Å². The summed E-state index contributed by atoms with van der Waals surface area (Å²) in [6.45, 7) is 10.4. The topological polar surface area (TPSA) is 110 Å². The van der Waals surface area contributed by atoms with E-state index < -0.39 is 5.91 Å². The van der Waals surface area contributed by atoms with Crippen LogP contribution in [0.4, 0.5) is 5.13 Å². The van der Waals surface area contributed by atoms with Gasteiger partial charge in [-0.2, -0.15) is 0 Å². The molecule has 0 fully saturated rings. The molecule has 1 amide bonds. The minimum atomic E-state index is -0.417. The highest BCUT2D eigenvalue weighted by Gasteiger charge is 2.16. The summed E-state index contributed by atoms with van der Waals surface area (Å²) in [5.74, 6) is -0.417. The molecule has 0 spiro atoms. The van der Waals surface area contributed by atoms with Gasteiger partial charge in [0.2, 0.25) is 10.7 Å². The molecule has 0 radical (unpaired) electrons. The van der Waals surface area contributed by atoms with E-state index in [4.69, 9.17) is 4.74 Å². The zero-order chi connectivity index (χ0) is 24.9. The van der Waals surface area contributed by atoms with Crippen LogP contribution in [0, 0.1) is 6.92 Å². The van der Waals surface area contributed by atoms with Crippen LogP contribution < -0.4 is 15.6 Å². The monoisotopic (exact) mass is 479 g/mol. The number of aromatic amines is 1. The Kier molecular flexibility index (Phi) is 10.6. The fourth-order valence-electron chi connectivity index (χ4n) is 2.72. The zero-order valence-electron chi connectivity index (χ0n) is 20.0. The number of aromatic nitrogens is 4. The summed E-state index contributed by atoms with van der Waals surface area (Å²) in [5, 5.41) is 11.3. The third-order valence-electron chi connectivity index (χ3n) is 4.24. The first-order chi connectivity index (χ1) is 16.6. The summed E-state index contributed by atoms with van der Waals surface area (Å²) in [7, 11) is 0. The summed E-state index contributed by atoms with van der Waals surface area (Å²) >= 11 is 1.12. The molecule has 0 atom stereocenters. The van der Waals surface area contributed by atoms with Crippen molar-refractivity contribution in [1.82, 2.24) is 20.2 Å². The molecule has 4 aromatic rings. The van der Waals surface area contributed by atoms with E-state index in [9.17, 15) is 9.59 Å². The van der Waals surface area contributed by atoms with Gasteiger partial charge < -0.3 is 9.72 Å². The maximum absolute atomic E-state index is 12.8. The summed E-state index contributed by atoms with van der Waals surface area (Å²) in [4.78, 5) is 31.2. The van der Waals surface area contributed by atoms with Crippen molar-refractivity contribution in [2.75, 3.05) is 5.32 Å². The second kappa shape index (κ2) is 13.6.